The van der Waals surface area contributed by atoms with Crippen LogP contribution in [0.3, 0.4) is 0 Å². The predicted octanol–water partition coefficient (Wildman–Crippen LogP) is 1.81. The van der Waals surface area contributed by atoms with Gasteiger partial charge in [-0.3, -0.25) is 0 Å². The van der Waals surface area contributed by atoms with Crippen LogP contribution in [-0.4, -0.2) is 55.5 Å². The molecule has 82 valence electrons. The molecular formula is C11H21ClN2. The molecular weight excluding hydrogens is 196 g/mol. The van der Waals surface area contributed by atoms with E-state index >= 15 is 0 Å². The second-order valence-corrected chi connectivity index (χ2v) is 4.62. The minimum absolute atomic E-state index is 0.574. The monoisotopic (exact) mass is 216 g/mol. The van der Waals surface area contributed by atoms with Crippen LogP contribution >= 0.6 is 11.6 Å². The molecule has 2 nitrogen and oxygen atoms in total. The maximum absolute atomic E-state index is 5.70. The van der Waals surface area contributed by atoms with Crippen molar-refractivity contribution in [3.8, 4) is 0 Å². The van der Waals surface area contributed by atoms with Crippen molar-refractivity contribution in [3.05, 3.63) is 12.2 Å². The highest BCUT2D eigenvalue weighted by atomic mass is 35.5. The van der Waals surface area contributed by atoms with Crippen molar-refractivity contribution in [3.63, 3.8) is 0 Å². The van der Waals surface area contributed by atoms with Crippen molar-refractivity contribution in [2.24, 2.45) is 0 Å². The highest BCUT2D eigenvalue weighted by Gasteiger charge is 2.21. The SMILES string of the molecule is C=C(CCl)CN(C)CC1CCCN1C. The van der Waals surface area contributed by atoms with Crippen LogP contribution < -0.4 is 0 Å². The average molecular weight is 217 g/mol. The van der Waals surface area contributed by atoms with Crippen molar-refractivity contribution < 1.29 is 0 Å². The van der Waals surface area contributed by atoms with Crippen LogP contribution in [0.4, 0.5) is 0 Å². The molecule has 0 spiro atoms. The molecule has 1 rings (SSSR count). The molecule has 0 aromatic heterocycles. The number of halogens is 1. The van der Waals surface area contributed by atoms with E-state index in [9.17, 15) is 0 Å². The summed E-state index contributed by atoms with van der Waals surface area (Å²) in [5.41, 5.74) is 1.11. The van der Waals surface area contributed by atoms with E-state index in [1.165, 1.54) is 19.4 Å². The Balaban J connectivity index is 2.25. The summed E-state index contributed by atoms with van der Waals surface area (Å²) in [6.45, 7) is 7.22. The molecule has 1 unspecified atom stereocenters. The fraction of sp³-hybridized carbons (Fsp3) is 0.818. The van der Waals surface area contributed by atoms with Gasteiger partial charge in [-0.15, -0.1) is 11.6 Å². The highest BCUT2D eigenvalue weighted by Crippen LogP contribution is 2.15. The lowest BCUT2D eigenvalue weighted by atomic mass is 10.2. The molecule has 0 aliphatic carbocycles. The summed E-state index contributed by atoms with van der Waals surface area (Å²) in [7, 11) is 4.35. The fourth-order valence-corrected chi connectivity index (χ4v) is 2.14. The maximum atomic E-state index is 5.70. The Morgan fingerprint density at radius 3 is 2.86 bits per heavy atom. The van der Waals surface area contributed by atoms with Gasteiger partial charge in [-0.1, -0.05) is 6.58 Å². The second kappa shape index (κ2) is 5.74. The first-order valence-electron chi connectivity index (χ1n) is 5.25. The average Bonchev–Trinajstić information content (AvgIpc) is 2.51. The first-order valence-corrected chi connectivity index (χ1v) is 5.78. The molecule has 3 heteroatoms. The third-order valence-corrected chi connectivity index (χ3v) is 3.25. The third-order valence-electron chi connectivity index (χ3n) is 2.88. The van der Waals surface area contributed by atoms with Gasteiger partial charge in [-0.05, 0) is 39.1 Å². The highest BCUT2D eigenvalue weighted by molar-refractivity contribution is 6.19. The van der Waals surface area contributed by atoms with E-state index in [0.717, 1.165) is 24.7 Å². The quantitative estimate of drug-likeness (QED) is 0.511. The molecule has 0 radical (unpaired) electrons. The van der Waals surface area contributed by atoms with Gasteiger partial charge in [-0.2, -0.15) is 0 Å². The Morgan fingerprint density at radius 2 is 2.36 bits per heavy atom. The minimum atomic E-state index is 0.574. The largest absolute Gasteiger partial charge is 0.302 e. The molecule has 1 fully saturated rings. The number of likely N-dealkylation sites (tertiary alicyclic amines) is 1. The van der Waals surface area contributed by atoms with Gasteiger partial charge in [0, 0.05) is 25.0 Å². The van der Waals surface area contributed by atoms with Gasteiger partial charge < -0.3 is 9.80 Å². The molecule has 0 amide bonds. The number of nitrogens with zero attached hydrogens (tertiary/aromatic N) is 2. The molecule has 1 aliphatic rings. The molecule has 1 saturated heterocycles. The van der Waals surface area contributed by atoms with E-state index < -0.39 is 0 Å². The van der Waals surface area contributed by atoms with Crippen LogP contribution in [0.1, 0.15) is 12.8 Å². The van der Waals surface area contributed by atoms with Crippen molar-refractivity contribution in [2.45, 2.75) is 18.9 Å². The lowest BCUT2D eigenvalue weighted by Gasteiger charge is -2.25. The van der Waals surface area contributed by atoms with Gasteiger partial charge in [0.25, 0.3) is 0 Å². The van der Waals surface area contributed by atoms with Gasteiger partial charge in [-0.25, -0.2) is 0 Å². The minimum Gasteiger partial charge on any atom is -0.302 e. The summed E-state index contributed by atoms with van der Waals surface area (Å²) in [6.07, 6.45) is 2.67. The van der Waals surface area contributed by atoms with E-state index in [0.29, 0.717) is 5.88 Å². The Bertz CT molecular complexity index is 194. The Kier molecular flexibility index (Phi) is 4.93. The zero-order chi connectivity index (χ0) is 10.6. The molecule has 1 atom stereocenters. The molecule has 14 heavy (non-hydrogen) atoms. The van der Waals surface area contributed by atoms with Crippen LogP contribution in [0.2, 0.25) is 0 Å². The second-order valence-electron chi connectivity index (χ2n) is 4.36. The Hall–Kier alpha value is -0.0500. The summed E-state index contributed by atoms with van der Waals surface area (Å²) in [5.74, 6) is 0.574. The molecule has 1 heterocycles. The molecule has 0 bridgehead atoms. The topological polar surface area (TPSA) is 6.48 Å². The standard InChI is InChI=1S/C11H21ClN2/c1-10(7-12)8-13(2)9-11-5-4-6-14(11)3/h11H,1,4-9H2,2-3H3. The number of alkyl halides is 1. The van der Waals surface area contributed by atoms with Crippen molar-refractivity contribution in [2.75, 3.05) is 39.6 Å². The fourth-order valence-electron chi connectivity index (χ4n) is 2.06. The zero-order valence-electron chi connectivity index (χ0n) is 9.30. The molecule has 0 saturated carbocycles. The number of hydrogen-bond acceptors (Lipinski definition) is 2. The first kappa shape index (κ1) is 12.0. The normalized spacial score (nSPS) is 23.3. The van der Waals surface area contributed by atoms with Gasteiger partial charge in [0.2, 0.25) is 0 Å². The smallest absolute Gasteiger partial charge is 0.0443 e. The van der Waals surface area contributed by atoms with E-state index in [-0.39, 0.29) is 0 Å². The van der Waals surface area contributed by atoms with Crippen molar-refractivity contribution >= 4 is 11.6 Å². The number of hydrogen-bond donors (Lipinski definition) is 0. The van der Waals surface area contributed by atoms with Crippen LogP contribution in [-0.2, 0) is 0 Å². The number of likely N-dealkylation sites (N-methyl/N-ethyl adjacent to an activating group) is 2. The van der Waals surface area contributed by atoms with Crippen LogP contribution in [0, 0.1) is 0 Å². The van der Waals surface area contributed by atoms with Crippen molar-refractivity contribution in [1.29, 1.82) is 0 Å². The summed E-state index contributed by atoms with van der Waals surface area (Å²) in [4.78, 5) is 4.76. The van der Waals surface area contributed by atoms with Crippen molar-refractivity contribution in [1.82, 2.24) is 9.80 Å². The molecule has 0 aromatic rings. The first-order chi connectivity index (χ1) is 6.63. The summed E-state index contributed by atoms with van der Waals surface area (Å²) < 4.78 is 0. The Labute approximate surface area is 92.5 Å². The molecule has 0 aromatic carbocycles. The van der Waals surface area contributed by atoms with Gasteiger partial charge in [0.15, 0.2) is 0 Å². The van der Waals surface area contributed by atoms with Crippen LogP contribution in [0.5, 0.6) is 0 Å². The maximum Gasteiger partial charge on any atom is 0.0443 e. The summed E-state index contributed by atoms with van der Waals surface area (Å²) in [6, 6.07) is 0.725. The lowest BCUT2D eigenvalue weighted by molar-refractivity contribution is 0.230. The van der Waals surface area contributed by atoms with Gasteiger partial charge in [0.05, 0.1) is 0 Å². The van der Waals surface area contributed by atoms with Crippen LogP contribution in [0.25, 0.3) is 0 Å². The van der Waals surface area contributed by atoms with E-state index in [1.54, 1.807) is 0 Å². The Morgan fingerprint density at radius 1 is 1.64 bits per heavy atom. The lowest BCUT2D eigenvalue weighted by Crippen LogP contribution is -2.37. The molecule has 1 aliphatic heterocycles. The van der Waals surface area contributed by atoms with E-state index in [2.05, 4.69) is 30.5 Å². The summed E-state index contributed by atoms with van der Waals surface area (Å²) >= 11 is 5.70. The third kappa shape index (κ3) is 3.60. The predicted molar refractivity (Wildman–Crippen MR) is 63.0 cm³/mol. The summed E-state index contributed by atoms with van der Waals surface area (Å²) in [5, 5.41) is 0. The van der Waals surface area contributed by atoms with E-state index in [4.69, 9.17) is 11.6 Å². The number of rotatable bonds is 5. The van der Waals surface area contributed by atoms with Gasteiger partial charge >= 0.3 is 0 Å². The zero-order valence-corrected chi connectivity index (χ0v) is 10.1. The van der Waals surface area contributed by atoms with Gasteiger partial charge in [0.1, 0.15) is 0 Å². The van der Waals surface area contributed by atoms with E-state index in [1.807, 2.05) is 0 Å². The molecule has 0 N–H and O–H groups in total. The van der Waals surface area contributed by atoms with Crippen LogP contribution in [0.15, 0.2) is 12.2 Å².